The maximum Gasteiger partial charge on any atom is 0.416 e. The molecule has 0 saturated carbocycles. The van der Waals surface area contributed by atoms with E-state index in [2.05, 4.69) is 0 Å². The molecule has 0 N–H and O–H groups in total. The number of carbonyl (C=O) groups is 3. The number of nitrogens with zero attached hydrogens (tertiary/aromatic N) is 1. The molecule has 0 spiro atoms. The van der Waals surface area contributed by atoms with Gasteiger partial charge in [-0.3, -0.25) is 9.59 Å². The fourth-order valence-electron chi connectivity index (χ4n) is 2.07. The largest absolute Gasteiger partial charge is 0.447 e. The molecule has 1 aromatic carbocycles. The molecule has 2 amide bonds. The molecule has 0 aliphatic carbocycles. The van der Waals surface area contributed by atoms with Crippen LogP contribution in [0.25, 0.3) is 0 Å². The summed E-state index contributed by atoms with van der Waals surface area (Å²) < 4.78 is 4.74. The first kappa shape index (κ1) is 13.3. The lowest BCUT2D eigenvalue weighted by molar-refractivity contribution is -0.134. The smallest absolute Gasteiger partial charge is 0.416 e. The molecule has 1 heterocycles. The molecule has 1 aromatic rings. The predicted molar refractivity (Wildman–Crippen MR) is 67.5 cm³/mol. The van der Waals surface area contributed by atoms with Crippen LogP contribution in [0.1, 0.15) is 24.8 Å². The van der Waals surface area contributed by atoms with Gasteiger partial charge in [-0.1, -0.05) is 37.3 Å². The number of rotatable bonds is 4. The van der Waals surface area contributed by atoms with Gasteiger partial charge in [0.25, 0.3) is 0 Å². The first-order valence-corrected chi connectivity index (χ1v) is 6.21. The van der Waals surface area contributed by atoms with Crippen LogP contribution < -0.4 is 0 Å². The summed E-state index contributed by atoms with van der Waals surface area (Å²) in [6.07, 6.45) is -0.427. The van der Waals surface area contributed by atoms with Gasteiger partial charge in [0.15, 0.2) is 0 Å². The Bertz CT molecular complexity index is 497. The van der Waals surface area contributed by atoms with Crippen molar-refractivity contribution in [2.24, 2.45) is 0 Å². The minimum Gasteiger partial charge on any atom is -0.447 e. The minimum atomic E-state index is -0.920. The van der Waals surface area contributed by atoms with Gasteiger partial charge in [0.05, 0.1) is 6.54 Å². The summed E-state index contributed by atoms with van der Waals surface area (Å²) in [5.41, 5.74) is 0.610. The van der Waals surface area contributed by atoms with E-state index >= 15 is 0 Å². The van der Waals surface area contributed by atoms with E-state index in [-0.39, 0.29) is 25.4 Å². The second-order valence-electron chi connectivity index (χ2n) is 4.27. The molecule has 0 radical (unpaired) electrons. The molecular weight excluding hydrogens is 246 g/mol. The van der Waals surface area contributed by atoms with Crippen molar-refractivity contribution in [3.8, 4) is 0 Å². The first-order valence-electron chi connectivity index (χ1n) is 6.21. The predicted octanol–water partition coefficient (Wildman–Crippen LogP) is 1.73. The summed E-state index contributed by atoms with van der Waals surface area (Å²) in [7, 11) is 0. The Morgan fingerprint density at radius 2 is 2.00 bits per heavy atom. The molecule has 1 aliphatic heterocycles. The number of carbonyl (C=O) groups excluding carboxylic acids is 3. The standard InChI is InChI=1S/C14H15NO4/c1-2-11(16)12(10-6-4-3-5-7-10)13(17)15-8-9-19-14(15)18/h3-7,12H,2,8-9H2,1H3. The summed E-state index contributed by atoms with van der Waals surface area (Å²) in [5, 5.41) is 0. The topological polar surface area (TPSA) is 63.7 Å². The third-order valence-electron chi connectivity index (χ3n) is 3.08. The Morgan fingerprint density at radius 1 is 1.32 bits per heavy atom. The van der Waals surface area contributed by atoms with E-state index in [0.29, 0.717) is 5.56 Å². The molecule has 0 bridgehead atoms. The van der Waals surface area contributed by atoms with Crippen molar-refractivity contribution in [3.05, 3.63) is 35.9 Å². The van der Waals surface area contributed by atoms with E-state index in [1.54, 1.807) is 31.2 Å². The van der Waals surface area contributed by atoms with Crippen LogP contribution in [0.4, 0.5) is 4.79 Å². The van der Waals surface area contributed by atoms with Crippen LogP contribution in [0.5, 0.6) is 0 Å². The monoisotopic (exact) mass is 261 g/mol. The number of cyclic esters (lactones) is 1. The van der Waals surface area contributed by atoms with Gasteiger partial charge in [-0.2, -0.15) is 0 Å². The number of benzene rings is 1. The van der Waals surface area contributed by atoms with Gasteiger partial charge in [0.1, 0.15) is 18.3 Å². The average molecular weight is 261 g/mol. The molecule has 1 unspecified atom stereocenters. The van der Waals surface area contributed by atoms with Crippen LogP contribution in [0.2, 0.25) is 0 Å². The SMILES string of the molecule is CCC(=O)C(C(=O)N1CCOC1=O)c1ccccc1. The zero-order valence-electron chi connectivity index (χ0n) is 10.7. The van der Waals surface area contributed by atoms with Crippen molar-refractivity contribution in [2.75, 3.05) is 13.2 Å². The van der Waals surface area contributed by atoms with Gasteiger partial charge in [-0.15, -0.1) is 0 Å². The normalized spacial score (nSPS) is 16.1. The first-order chi connectivity index (χ1) is 9.15. The van der Waals surface area contributed by atoms with Gasteiger partial charge in [0.2, 0.25) is 5.91 Å². The number of Topliss-reactive ketones (excluding diaryl/α,β-unsaturated/α-hetero) is 1. The minimum absolute atomic E-state index is 0.187. The number of hydrogen-bond donors (Lipinski definition) is 0. The fourth-order valence-corrected chi connectivity index (χ4v) is 2.07. The van der Waals surface area contributed by atoms with Crippen LogP contribution in [0.15, 0.2) is 30.3 Å². The molecule has 1 atom stereocenters. The molecule has 1 aliphatic rings. The summed E-state index contributed by atoms with van der Waals surface area (Å²) in [5.74, 6) is -1.62. The van der Waals surface area contributed by atoms with Crippen molar-refractivity contribution in [2.45, 2.75) is 19.3 Å². The Hall–Kier alpha value is -2.17. The van der Waals surface area contributed by atoms with Crippen LogP contribution in [-0.4, -0.2) is 35.8 Å². The highest BCUT2D eigenvalue weighted by atomic mass is 16.6. The summed E-state index contributed by atoms with van der Waals surface area (Å²) >= 11 is 0. The molecular formula is C14H15NO4. The Labute approximate surface area is 111 Å². The van der Waals surface area contributed by atoms with E-state index in [9.17, 15) is 14.4 Å². The molecule has 19 heavy (non-hydrogen) atoms. The molecule has 1 saturated heterocycles. The van der Waals surface area contributed by atoms with Crippen LogP contribution >= 0.6 is 0 Å². The van der Waals surface area contributed by atoms with Crippen LogP contribution in [0.3, 0.4) is 0 Å². The lowest BCUT2D eigenvalue weighted by Crippen LogP contribution is -2.38. The summed E-state index contributed by atoms with van der Waals surface area (Å²) in [6, 6.07) is 8.78. The third-order valence-corrected chi connectivity index (χ3v) is 3.08. The summed E-state index contributed by atoms with van der Waals surface area (Å²) in [4.78, 5) is 36.8. The maximum atomic E-state index is 12.4. The van der Waals surface area contributed by atoms with Gasteiger partial charge in [-0.05, 0) is 5.56 Å². The van der Waals surface area contributed by atoms with Crippen molar-refractivity contribution >= 4 is 17.8 Å². The molecule has 5 heteroatoms. The number of imide groups is 1. The second kappa shape index (κ2) is 5.65. The van der Waals surface area contributed by atoms with E-state index in [1.165, 1.54) is 0 Å². The molecule has 0 aromatic heterocycles. The average Bonchev–Trinajstić information content (AvgIpc) is 2.86. The highest BCUT2D eigenvalue weighted by Crippen LogP contribution is 2.22. The quantitative estimate of drug-likeness (QED) is 0.774. The van der Waals surface area contributed by atoms with Crippen LogP contribution in [-0.2, 0) is 14.3 Å². The Morgan fingerprint density at radius 3 is 2.53 bits per heavy atom. The second-order valence-corrected chi connectivity index (χ2v) is 4.27. The van der Waals surface area contributed by atoms with Crippen molar-refractivity contribution in [3.63, 3.8) is 0 Å². The van der Waals surface area contributed by atoms with Gasteiger partial charge >= 0.3 is 6.09 Å². The molecule has 5 nitrogen and oxygen atoms in total. The Balaban J connectivity index is 2.31. The summed E-state index contributed by atoms with van der Waals surface area (Å²) in [6.45, 7) is 2.10. The van der Waals surface area contributed by atoms with E-state index in [1.807, 2.05) is 6.07 Å². The number of ketones is 1. The highest BCUT2D eigenvalue weighted by Gasteiger charge is 2.37. The van der Waals surface area contributed by atoms with Crippen molar-refractivity contribution in [1.82, 2.24) is 4.90 Å². The fraction of sp³-hybridized carbons (Fsp3) is 0.357. The van der Waals surface area contributed by atoms with Gasteiger partial charge in [-0.25, -0.2) is 9.69 Å². The highest BCUT2D eigenvalue weighted by molar-refractivity contribution is 6.10. The van der Waals surface area contributed by atoms with Crippen molar-refractivity contribution < 1.29 is 19.1 Å². The number of ether oxygens (including phenoxy) is 1. The van der Waals surface area contributed by atoms with E-state index < -0.39 is 17.9 Å². The lowest BCUT2D eigenvalue weighted by Gasteiger charge is -2.19. The van der Waals surface area contributed by atoms with Gasteiger partial charge < -0.3 is 4.74 Å². The van der Waals surface area contributed by atoms with E-state index in [4.69, 9.17) is 4.74 Å². The Kier molecular flexibility index (Phi) is 3.94. The molecule has 100 valence electrons. The zero-order chi connectivity index (χ0) is 13.8. The number of amides is 2. The van der Waals surface area contributed by atoms with Crippen LogP contribution in [0, 0.1) is 0 Å². The van der Waals surface area contributed by atoms with Gasteiger partial charge in [0, 0.05) is 6.42 Å². The molecule has 1 fully saturated rings. The number of hydrogen-bond acceptors (Lipinski definition) is 4. The lowest BCUT2D eigenvalue weighted by atomic mass is 9.92. The third kappa shape index (κ3) is 2.65. The van der Waals surface area contributed by atoms with Crippen molar-refractivity contribution in [1.29, 1.82) is 0 Å². The molecule has 2 rings (SSSR count). The maximum absolute atomic E-state index is 12.4. The zero-order valence-corrected chi connectivity index (χ0v) is 10.7. The van der Waals surface area contributed by atoms with E-state index in [0.717, 1.165) is 4.90 Å².